The van der Waals surface area contributed by atoms with Crippen molar-refractivity contribution < 1.29 is 28.7 Å². The standard InChI is InChI=1S/C58H62N16O6/c1-67(2)47-21-24-72(38-47)56(76)42-11-19-46(20-12-42)62-58(78)60-44-15-7-40(8-16-44)52-64-54(70-32-36-80-37-33-70)50-48(22-25-74(50)66-52)68-26-28-71(29-27-68)55(75)41-9-17-45(18-10-41)61-57(77)59-43-13-5-39(6-14-43)51-63-53(69-30-34-79-35-31-69)49-4-3-23-73(49)65-51/h3-20,22-23,25,47H,21,24,26-38H2,1-2H3,(H2,59,61,77)(H2,60,62,78). The molecule has 4 aliphatic rings. The molecule has 0 spiro atoms. The predicted octanol–water partition coefficient (Wildman–Crippen LogP) is 6.81. The Balaban J connectivity index is 0.648. The Bertz CT molecular complexity index is 3530. The second kappa shape index (κ2) is 22.7. The lowest BCUT2D eigenvalue weighted by Crippen LogP contribution is -2.48. The first-order valence-electron chi connectivity index (χ1n) is 27.0. The number of hydrogen-bond donors (Lipinski definition) is 4. The fourth-order valence-corrected chi connectivity index (χ4v) is 10.7. The van der Waals surface area contributed by atoms with Crippen molar-refractivity contribution in [2.75, 3.05) is 142 Å². The number of piperazine rings is 1. The van der Waals surface area contributed by atoms with Gasteiger partial charge in [0, 0.05) is 129 Å². The van der Waals surface area contributed by atoms with Gasteiger partial charge in [-0.1, -0.05) is 0 Å². The van der Waals surface area contributed by atoms with Crippen LogP contribution in [0.15, 0.2) is 128 Å². The molecule has 80 heavy (non-hydrogen) atoms. The molecule has 4 aromatic heterocycles. The first-order valence-corrected chi connectivity index (χ1v) is 27.0. The molecule has 0 bridgehead atoms. The number of anilines is 7. The maximum atomic E-state index is 13.8. The van der Waals surface area contributed by atoms with E-state index >= 15 is 0 Å². The zero-order chi connectivity index (χ0) is 54.7. The molecule has 0 saturated carbocycles. The van der Waals surface area contributed by atoms with E-state index in [1.807, 2.05) is 106 Å². The molecule has 1 unspecified atom stereocenters. The summed E-state index contributed by atoms with van der Waals surface area (Å²) in [6.45, 7) is 8.93. The summed E-state index contributed by atoms with van der Waals surface area (Å²) >= 11 is 0. The third-order valence-corrected chi connectivity index (χ3v) is 15.1. The SMILES string of the molecule is CN(C)C1CCN(C(=O)c2ccc(NC(=O)Nc3ccc(-c4nc(N5CCOCC5)c5c(N6CCN(C(=O)c7ccc(NC(=O)Nc8ccc(-c9nc(N%10CCOCC%10)c%10cccn%10n9)cc8)cc7)CC6)ccn5n4)cc3)cc2)C1. The van der Waals surface area contributed by atoms with Crippen LogP contribution in [-0.2, 0) is 9.47 Å². The number of urea groups is 2. The normalized spacial score (nSPS) is 16.8. The number of amides is 6. The lowest BCUT2D eigenvalue weighted by atomic mass is 10.1. The van der Waals surface area contributed by atoms with Crippen LogP contribution in [-0.4, -0.2) is 180 Å². The van der Waals surface area contributed by atoms with Gasteiger partial charge in [0.15, 0.2) is 23.3 Å². The largest absolute Gasteiger partial charge is 0.378 e. The maximum Gasteiger partial charge on any atom is 0.323 e. The number of carbonyl (C=O) groups is 4. The predicted molar refractivity (Wildman–Crippen MR) is 307 cm³/mol. The van der Waals surface area contributed by atoms with Crippen LogP contribution in [0.1, 0.15) is 27.1 Å². The fourth-order valence-electron chi connectivity index (χ4n) is 10.7. The number of morpholine rings is 2. The maximum absolute atomic E-state index is 13.8. The number of hydrogen-bond acceptors (Lipinski definition) is 14. The van der Waals surface area contributed by atoms with Crippen LogP contribution >= 0.6 is 0 Å². The minimum atomic E-state index is -0.416. The molecular formula is C58H62N16O6. The van der Waals surface area contributed by atoms with Crippen LogP contribution in [0.4, 0.5) is 49.7 Å². The molecule has 12 rings (SSSR count). The van der Waals surface area contributed by atoms with E-state index in [9.17, 15) is 19.2 Å². The van der Waals surface area contributed by atoms with Gasteiger partial charge in [-0.05, 0) is 136 Å². The molecule has 8 heterocycles. The molecule has 1 atom stereocenters. The Kier molecular flexibility index (Phi) is 14.6. The number of nitrogens with zero attached hydrogens (tertiary/aromatic N) is 12. The van der Waals surface area contributed by atoms with E-state index in [4.69, 9.17) is 29.6 Å². The zero-order valence-corrected chi connectivity index (χ0v) is 44.6. The molecule has 22 nitrogen and oxygen atoms in total. The van der Waals surface area contributed by atoms with E-state index in [-0.39, 0.29) is 11.8 Å². The van der Waals surface area contributed by atoms with Crippen molar-refractivity contribution in [2.45, 2.75) is 12.5 Å². The minimum absolute atomic E-state index is 0.00896. The summed E-state index contributed by atoms with van der Waals surface area (Å²) in [5.41, 5.74) is 7.80. The van der Waals surface area contributed by atoms with Crippen LogP contribution < -0.4 is 36.0 Å². The van der Waals surface area contributed by atoms with E-state index < -0.39 is 12.1 Å². The van der Waals surface area contributed by atoms with Crippen molar-refractivity contribution >= 4 is 75.0 Å². The monoisotopic (exact) mass is 1080 g/mol. The van der Waals surface area contributed by atoms with E-state index in [0.717, 1.165) is 65.5 Å². The number of carbonyl (C=O) groups excluding carboxylic acids is 4. The quantitative estimate of drug-likeness (QED) is 0.0991. The molecule has 4 aromatic carbocycles. The van der Waals surface area contributed by atoms with Gasteiger partial charge in [-0.25, -0.2) is 28.6 Å². The number of fused-ring (bicyclic) bond motifs is 2. The highest BCUT2D eigenvalue weighted by molar-refractivity contribution is 6.02. The lowest BCUT2D eigenvalue weighted by molar-refractivity contribution is 0.0745. The van der Waals surface area contributed by atoms with Crippen LogP contribution in [0.2, 0.25) is 0 Å². The second-order valence-electron chi connectivity index (χ2n) is 20.5. The van der Waals surface area contributed by atoms with Crippen molar-refractivity contribution in [3.8, 4) is 22.8 Å². The first-order chi connectivity index (χ1) is 39.1. The van der Waals surface area contributed by atoms with Gasteiger partial charge in [0.1, 0.15) is 11.0 Å². The van der Waals surface area contributed by atoms with Gasteiger partial charge in [-0.3, -0.25) is 9.59 Å². The van der Waals surface area contributed by atoms with E-state index in [2.05, 4.69) is 46.9 Å². The highest BCUT2D eigenvalue weighted by Crippen LogP contribution is 2.34. The van der Waals surface area contributed by atoms with E-state index in [1.165, 1.54) is 0 Å². The Labute approximate surface area is 461 Å². The van der Waals surface area contributed by atoms with Gasteiger partial charge < -0.3 is 60.1 Å². The van der Waals surface area contributed by atoms with Gasteiger partial charge in [0.05, 0.1) is 32.1 Å². The number of ether oxygens (including phenoxy) is 2. The zero-order valence-electron chi connectivity index (χ0n) is 44.6. The van der Waals surface area contributed by atoms with Gasteiger partial charge >= 0.3 is 12.1 Å². The second-order valence-corrected chi connectivity index (χ2v) is 20.5. The molecular weight excluding hydrogens is 1020 g/mol. The molecule has 4 saturated heterocycles. The van der Waals surface area contributed by atoms with Gasteiger partial charge in [0.25, 0.3) is 11.8 Å². The summed E-state index contributed by atoms with van der Waals surface area (Å²) in [7, 11) is 4.07. The number of likely N-dealkylation sites (N-methyl/N-ethyl adjacent to an activating group) is 1. The third-order valence-electron chi connectivity index (χ3n) is 15.1. The third kappa shape index (κ3) is 11.1. The Morgan fingerprint density at radius 3 is 1.49 bits per heavy atom. The summed E-state index contributed by atoms with van der Waals surface area (Å²) in [5, 5.41) is 21.2. The van der Waals surface area contributed by atoms with Crippen molar-refractivity contribution in [2.24, 2.45) is 0 Å². The summed E-state index contributed by atoms with van der Waals surface area (Å²) in [6.07, 6.45) is 4.81. The summed E-state index contributed by atoms with van der Waals surface area (Å²) in [5.74, 6) is 2.66. The molecule has 6 amide bonds. The Hall–Kier alpha value is -9.12. The molecule has 4 fully saturated rings. The number of benzene rings is 4. The van der Waals surface area contributed by atoms with Gasteiger partial charge in [0.2, 0.25) is 0 Å². The lowest BCUT2D eigenvalue weighted by Gasteiger charge is -2.36. The Morgan fingerprint density at radius 2 is 0.975 bits per heavy atom. The molecule has 0 aliphatic carbocycles. The smallest absolute Gasteiger partial charge is 0.323 e. The molecule has 0 radical (unpaired) electrons. The Morgan fingerprint density at radius 1 is 0.500 bits per heavy atom. The number of likely N-dealkylation sites (tertiary alicyclic amines) is 1. The van der Waals surface area contributed by atoms with Crippen molar-refractivity contribution in [3.05, 3.63) is 139 Å². The first kappa shape index (κ1) is 51.6. The van der Waals surface area contributed by atoms with Gasteiger partial charge in [-0.15, -0.1) is 10.2 Å². The van der Waals surface area contributed by atoms with Crippen LogP contribution in [0.5, 0.6) is 0 Å². The van der Waals surface area contributed by atoms with Crippen molar-refractivity contribution in [3.63, 3.8) is 0 Å². The van der Waals surface area contributed by atoms with Gasteiger partial charge in [-0.2, -0.15) is 0 Å². The molecule has 4 aliphatic heterocycles. The minimum Gasteiger partial charge on any atom is -0.378 e. The van der Waals surface area contributed by atoms with Crippen LogP contribution in [0.25, 0.3) is 33.8 Å². The molecule has 22 heteroatoms. The molecule has 4 N–H and O–H groups in total. The summed E-state index contributed by atoms with van der Waals surface area (Å²) in [6, 6.07) is 34.2. The average molecular weight is 1080 g/mol. The highest BCUT2D eigenvalue weighted by atomic mass is 16.5. The number of rotatable bonds is 12. The van der Waals surface area contributed by atoms with Crippen LogP contribution in [0, 0.1) is 0 Å². The highest BCUT2D eigenvalue weighted by Gasteiger charge is 2.30. The summed E-state index contributed by atoms with van der Waals surface area (Å²) < 4.78 is 15.0. The topological polar surface area (TPSA) is 215 Å². The van der Waals surface area contributed by atoms with E-state index in [1.54, 1.807) is 48.5 Å². The van der Waals surface area contributed by atoms with Crippen molar-refractivity contribution in [1.82, 2.24) is 43.9 Å². The molecule has 8 aromatic rings. The van der Waals surface area contributed by atoms with E-state index in [0.29, 0.717) is 124 Å². The number of nitrogens with one attached hydrogen (secondary N) is 4. The van der Waals surface area contributed by atoms with Crippen LogP contribution in [0.3, 0.4) is 0 Å². The van der Waals surface area contributed by atoms with Crippen molar-refractivity contribution in [1.29, 1.82) is 0 Å². The fraction of sp³-hybridized carbons (Fsp3) is 0.310. The summed E-state index contributed by atoms with van der Waals surface area (Å²) in [4.78, 5) is 75.8. The molecule has 410 valence electrons. The number of aromatic nitrogens is 6. The average Bonchev–Trinajstić information content (AvgIpc) is 4.33.